The summed E-state index contributed by atoms with van der Waals surface area (Å²) in [6, 6.07) is 8.76. The molecular formula is C6H7LiO2P. The van der Waals surface area contributed by atoms with Crippen LogP contribution >= 0.6 is 8.38 Å². The summed E-state index contributed by atoms with van der Waals surface area (Å²) in [7, 11) is -1.90. The van der Waals surface area contributed by atoms with Gasteiger partial charge in [0.05, 0.1) is 0 Å². The van der Waals surface area contributed by atoms with Crippen LogP contribution in [0.1, 0.15) is 0 Å². The molecule has 0 fully saturated rings. The molecule has 1 radical (unpaired) electrons. The van der Waals surface area contributed by atoms with Gasteiger partial charge in [0.25, 0.3) is 0 Å². The molecule has 0 atom stereocenters. The molecule has 2 N–H and O–H groups in total. The van der Waals surface area contributed by atoms with E-state index >= 15 is 0 Å². The quantitative estimate of drug-likeness (QED) is 0.443. The molecule has 0 bridgehead atoms. The van der Waals surface area contributed by atoms with E-state index in [0.717, 1.165) is 0 Å². The third-order valence-electron chi connectivity index (χ3n) is 0.987. The summed E-state index contributed by atoms with van der Waals surface area (Å²) in [5.74, 6) is 0. The first kappa shape index (κ1) is 10.2. The maximum absolute atomic E-state index is 8.64. The van der Waals surface area contributed by atoms with Crippen molar-refractivity contribution in [2.75, 3.05) is 0 Å². The van der Waals surface area contributed by atoms with E-state index in [1.165, 1.54) is 0 Å². The zero-order valence-electron chi connectivity index (χ0n) is 5.73. The van der Waals surface area contributed by atoms with Gasteiger partial charge >= 0.3 is 0 Å². The average Bonchev–Trinajstić information content (AvgIpc) is 1.90. The Balaban J connectivity index is 0.000000810. The summed E-state index contributed by atoms with van der Waals surface area (Å²) in [6.45, 7) is 0. The minimum absolute atomic E-state index is 0. The van der Waals surface area contributed by atoms with Gasteiger partial charge in [-0.05, 0) is 12.1 Å². The zero-order chi connectivity index (χ0) is 6.69. The first-order valence-corrected chi connectivity index (χ1v) is 3.78. The van der Waals surface area contributed by atoms with Gasteiger partial charge in [0.2, 0.25) is 0 Å². The minimum atomic E-state index is -1.90. The number of rotatable bonds is 1. The van der Waals surface area contributed by atoms with Crippen LogP contribution in [-0.4, -0.2) is 28.6 Å². The van der Waals surface area contributed by atoms with Gasteiger partial charge in [-0.1, -0.05) is 18.2 Å². The predicted molar refractivity (Wildman–Crippen MR) is 43.2 cm³/mol. The normalized spacial score (nSPS) is 9.10. The van der Waals surface area contributed by atoms with Crippen molar-refractivity contribution in [3.8, 4) is 0 Å². The Kier molecular flexibility index (Phi) is 4.99. The Morgan fingerprint density at radius 3 is 1.80 bits per heavy atom. The molecule has 0 saturated carbocycles. The third-order valence-corrected chi connectivity index (χ3v) is 1.75. The molecule has 0 spiro atoms. The van der Waals surface area contributed by atoms with E-state index in [2.05, 4.69) is 0 Å². The van der Waals surface area contributed by atoms with Crippen molar-refractivity contribution in [1.29, 1.82) is 0 Å². The molecular weight excluding hydrogens is 142 g/mol. The molecule has 0 saturated heterocycles. The van der Waals surface area contributed by atoms with Gasteiger partial charge in [0, 0.05) is 24.2 Å². The van der Waals surface area contributed by atoms with E-state index in [1.807, 2.05) is 6.07 Å². The van der Waals surface area contributed by atoms with Crippen molar-refractivity contribution >= 4 is 32.5 Å². The van der Waals surface area contributed by atoms with Gasteiger partial charge in [0.1, 0.15) is 0 Å². The summed E-state index contributed by atoms with van der Waals surface area (Å²) < 4.78 is 0. The van der Waals surface area contributed by atoms with Gasteiger partial charge in [-0.15, -0.1) is 0 Å². The van der Waals surface area contributed by atoms with Crippen molar-refractivity contribution in [3.63, 3.8) is 0 Å². The van der Waals surface area contributed by atoms with E-state index in [9.17, 15) is 0 Å². The summed E-state index contributed by atoms with van der Waals surface area (Å²) in [5, 5.41) is 0.590. The van der Waals surface area contributed by atoms with Crippen LogP contribution in [0, 0.1) is 0 Å². The second-order valence-electron chi connectivity index (χ2n) is 1.62. The first-order valence-electron chi connectivity index (χ1n) is 2.53. The maximum Gasteiger partial charge on any atom is 0.199 e. The molecule has 4 heteroatoms. The third kappa shape index (κ3) is 2.83. The van der Waals surface area contributed by atoms with E-state index in [1.54, 1.807) is 24.3 Å². The van der Waals surface area contributed by atoms with Crippen molar-refractivity contribution in [2.45, 2.75) is 0 Å². The van der Waals surface area contributed by atoms with Crippen LogP contribution in [0.5, 0.6) is 0 Å². The van der Waals surface area contributed by atoms with Crippen LogP contribution in [0.2, 0.25) is 0 Å². The second kappa shape index (κ2) is 4.90. The van der Waals surface area contributed by atoms with Gasteiger partial charge in [0.15, 0.2) is 8.38 Å². The molecule has 0 aliphatic carbocycles. The van der Waals surface area contributed by atoms with Crippen molar-refractivity contribution in [3.05, 3.63) is 30.3 Å². The van der Waals surface area contributed by atoms with Crippen LogP contribution in [0.25, 0.3) is 0 Å². The van der Waals surface area contributed by atoms with Crippen LogP contribution in [0.15, 0.2) is 30.3 Å². The molecule has 0 aliphatic heterocycles. The molecule has 1 rings (SSSR count). The molecule has 0 heterocycles. The molecule has 49 valence electrons. The largest absolute Gasteiger partial charge is 0.347 e. The van der Waals surface area contributed by atoms with Gasteiger partial charge in [-0.2, -0.15) is 0 Å². The van der Waals surface area contributed by atoms with Crippen LogP contribution in [-0.2, 0) is 0 Å². The topological polar surface area (TPSA) is 40.5 Å². The number of hydrogen-bond acceptors (Lipinski definition) is 2. The van der Waals surface area contributed by atoms with E-state index in [-0.39, 0.29) is 18.9 Å². The van der Waals surface area contributed by atoms with Crippen molar-refractivity contribution in [2.24, 2.45) is 0 Å². The summed E-state index contributed by atoms with van der Waals surface area (Å²) in [6.07, 6.45) is 0. The maximum atomic E-state index is 8.64. The van der Waals surface area contributed by atoms with Crippen molar-refractivity contribution < 1.29 is 9.79 Å². The molecule has 10 heavy (non-hydrogen) atoms. The zero-order valence-corrected chi connectivity index (χ0v) is 6.62. The van der Waals surface area contributed by atoms with E-state index in [0.29, 0.717) is 5.30 Å². The molecule has 1 aromatic carbocycles. The predicted octanol–water partition coefficient (Wildman–Crippen LogP) is 0.228. The SMILES string of the molecule is OP(O)c1ccccc1.[Li]. The van der Waals surface area contributed by atoms with E-state index in [4.69, 9.17) is 9.79 Å². The van der Waals surface area contributed by atoms with Crippen molar-refractivity contribution in [1.82, 2.24) is 0 Å². The Labute approximate surface area is 73.0 Å². The van der Waals surface area contributed by atoms with Crippen LogP contribution in [0.4, 0.5) is 0 Å². The van der Waals surface area contributed by atoms with Gasteiger partial charge in [-0.25, -0.2) is 0 Å². The summed E-state index contributed by atoms with van der Waals surface area (Å²) >= 11 is 0. The Morgan fingerprint density at radius 2 is 1.50 bits per heavy atom. The first-order chi connectivity index (χ1) is 4.30. The number of hydrogen-bond donors (Lipinski definition) is 2. The monoisotopic (exact) mass is 149 g/mol. The minimum Gasteiger partial charge on any atom is -0.347 e. The van der Waals surface area contributed by atoms with E-state index < -0.39 is 8.38 Å². The molecule has 0 amide bonds. The smallest absolute Gasteiger partial charge is 0.199 e. The Bertz CT molecular complexity index is 178. The molecule has 0 aliphatic rings. The summed E-state index contributed by atoms with van der Waals surface area (Å²) in [4.78, 5) is 17.3. The molecule has 1 aromatic rings. The fourth-order valence-electron chi connectivity index (χ4n) is 0.561. The van der Waals surface area contributed by atoms with Crippen LogP contribution < -0.4 is 5.30 Å². The standard InChI is InChI=1S/C6H7O2P.Li/c7-9(8)6-4-2-1-3-5-6;/h1-5,7-8H;. The van der Waals surface area contributed by atoms with Gasteiger partial charge in [-0.3, -0.25) is 0 Å². The molecule has 2 nitrogen and oxygen atoms in total. The Morgan fingerprint density at radius 1 is 1.00 bits per heavy atom. The van der Waals surface area contributed by atoms with Gasteiger partial charge < -0.3 is 9.79 Å². The van der Waals surface area contributed by atoms with Crippen LogP contribution in [0.3, 0.4) is 0 Å². The molecule has 0 unspecified atom stereocenters. The fraction of sp³-hybridized carbons (Fsp3) is 0. The molecule has 0 aromatic heterocycles. The average molecular weight is 149 g/mol. The fourth-order valence-corrected chi connectivity index (χ4v) is 1.00. The summed E-state index contributed by atoms with van der Waals surface area (Å²) in [5.41, 5.74) is 0. The second-order valence-corrected chi connectivity index (χ2v) is 2.72. The Hall–Kier alpha value is 0.167. The number of benzene rings is 1.